The van der Waals surface area contributed by atoms with Crippen LogP contribution in [0.1, 0.15) is 164 Å². The zero-order chi connectivity index (χ0) is 43.2. The molecule has 5 saturated carbocycles. The fourth-order valence-corrected chi connectivity index (χ4v) is 16.0. The maximum Gasteiger partial charge on any atom is 0.306 e. The van der Waals surface area contributed by atoms with Crippen molar-refractivity contribution < 1.29 is 29.0 Å². The number of likely N-dealkylation sites (tertiary alicyclic amines) is 1. The van der Waals surface area contributed by atoms with Crippen molar-refractivity contribution in [1.82, 2.24) is 14.9 Å². The number of fused-ring (bicyclic) bond motifs is 7. The molecule has 6 fully saturated rings. The van der Waals surface area contributed by atoms with Gasteiger partial charge < -0.3 is 24.5 Å². The normalized spacial score (nSPS) is 38.4. The number of aromatic nitrogens is 2. The molecule has 4 unspecified atom stereocenters. The lowest BCUT2D eigenvalue weighted by molar-refractivity contribution is -0.251. The number of esters is 1. The molecule has 2 aromatic rings. The van der Waals surface area contributed by atoms with E-state index in [4.69, 9.17) is 14.5 Å². The van der Waals surface area contributed by atoms with E-state index in [9.17, 15) is 14.7 Å². The van der Waals surface area contributed by atoms with Crippen molar-refractivity contribution in [2.75, 3.05) is 13.7 Å². The lowest BCUT2D eigenvalue weighted by Gasteiger charge is -2.73. The molecule has 2 N–H and O–H groups in total. The molecule has 1 amide bonds. The molecule has 1 aromatic carbocycles. The van der Waals surface area contributed by atoms with Crippen LogP contribution < -0.4 is 4.74 Å². The maximum absolute atomic E-state index is 15.6. The molecule has 9 heteroatoms. The molecule has 0 bridgehead atoms. The lowest BCUT2D eigenvalue weighted by Crippen LogP contribution is -2.67. The summed E-state index contributed by atoms with van der Waals surface area (Å²) < 4.78 is 11.7. The SMILES string of the molecule is COc1ccc(-c2cnc(C3CCCN3C(=O)[C@]34CC[C@@H](C(C)C)C3[C@H]3CCC5[C@@]6(C)CC[C@H](OC(=O)CC(C)(C)CC(=O)O)C(C)(C)C6CC[C@@]5(C)[C@]3(C)CC4)[nH]2)cc1. The van der Waals surface area contributed by atoms with Crippen LogP contribution in [0.3, 0.4) is 0 Å². The van der Waals surface area contributed by atoms with Gasteiger partial charge in [-0.15, -0.1) is 0 Å². The Labute approximate surface area is 359 Å². The number of amides is 1. The largest absolute Gasteiger partial charge is 0.497 e. The van der Waals surface area contributed by atoms with Gasteiger partial charge in [0.2, 0.25) is 5.91 Å². The number of aromatic amines is 1. The standard InChI is InChI=1S/C51H75N3O6/c1-31(2)34-19-24-51(45(58)54-27-11-12-37(54)44-52-30-36(53-44)32-13-15-33(59-10)16-14-32)26-25-49(8)35(43(34)51)17-18-39-48(7)22-21-40(47(5,6)38(48)20-23-50(39,49)9)60-42(57)29-46(3,4)28-41(55)56/h13-16,30-31,34-35,37-40,43H,11-12,17-29H2,1-10H3,(H,52,53)(H,55,56)/t34-,35+,37?,38?,39?,40-,43?,48-,49+,50+,51-/m0/s1. The van der Waals surface area contributed by atoms with E-state index in [0.29, 0.717) is 41.4 Å². The maximum atomic E-state index is 15.6. The number of rotatable bonds is 10. The number of methoxy groups -OCH3 is 1. The molecule has 8 rings (SSSR count). The summed E-state index contributed by atoms with van der Waals surface area (Å²) in [6, 6.07) is 8.04. The van der Waals surface area contributed by atoms with Gasteiger partial charge in [0, 0.05) is 12.0 Å². The molecular formula is C51H75N3O6. The molecule has 1 aromatic heterocycles. The van der Waals surface area contributed by atoms with Crippen molar-refractivity contribution in [3.8, 4) is 17.0 Å². The Hall–Kier alpha value is -3.36. The number of aliphatic carboxylic acids is 1. The lowest BCUT2D eigenvalue weighted by atomic mass is 9.32. The van der Waals surface area contributed by atoms with E-state index >= 15 is 4.79 Å². The fraction of sp³-hybridized carbons (Fsp3) is 0.765. The van der Waals surface area contributed by atoms with E-state index < -0.39 is 11.4 Å². The number of imidazole rings is 1. The highest BCUT2D eigenvalue weighted by Crippen LogP contribution is 2.78. The third-order valence-corrected chi connectivity index (χ3v) is 19.1. The molecule has 1 aliphatic heterocycles. The quantitative estimate of drug-likeness (QED) is 0.229. The molecule has 5 aliphatic carbocycles. The van der Waals surface area contributed by atoms with E-state index in [1.165, 1.54) is 19.3 Å². The Morgan fingerprint density at radius 1 is 0.883 bits per heavy atom. The summed E-state index contributed by atoms with van der Waals surface area (Å²) in [6.45, 7) is 21.9. The van der Waals surface area contributed by atoms with Crippen LogP contribution >= 0.6 is 0 Å². The Morgan fingerprint density at radius 3 is 2.30 bits per heavy atom. The summed E-state index contributed by atoms with van der Waals surface area (Å²) in [5.74, 6) is 3.96. The summed E-state index contributed by atoms with van der Waals surface area (Å²) in [4.78, 5) is 51.2. The summed E-state index contributed by atoms with van der Waals surface area (Å²) in [5.41, 5.74) is 1.31. The van der Waals surface area contributed by atoms with Gasteiger partial charge >= 0.3 is 11.9 Å². The first kappa shape index (κ1) is 43.3. The van der Waals surface area contributed by atoms with Crippen LogP contribution in [0.4, 0.5) is 0 Å². The molecule has 11 atom stereocenters. The highest BCUT2D eigenvalue weighted by Gasteiger charge is 2.72. The average molecular weight is 826 g/mol. The summed E-state index contributed by atoms with van der Waals surface area (Å²) in [7, 11) is 1.68. The monoisotopic (exact) mass is 826 g/mol. The first-order valence-electron chi connectivity index (χ1n) is 23.6. The van der Waals surface area contributed by atoms with Crippen LogP contribution in [0.2, 0.25) is 0 Å². The van der Waals surface area contributed by atoms with Gasteiger partial charge in [-0.25, -0.2) is 4.98 Å². The summed E-state index contributed by atoms with van der Waals surface area (Å²) in [5, 5.41) is 9.41. The molecule has 0 radical (unpaired) electrons. The second-order valence-electron chi connectivity index (χ2n) is 23.1. The number of H-pyrrole nitrogens is 1. The van der Waals surface area contributed by atoms with Crippen molar-refractivity contribution in [1.29, 1.82) is 0 Å². The predicted octanol–water partition coefficient (Wildman–Crippen LogP) is 11.3. The van der Waals surface area contributed by atoms with Crippen molar-refractivity contribution in [2.45, 2.75) is 164 Å². The van der Waals surface area contributed by atoms with Gasteiger partial charge in [-0.3, -0.25) is 14.4 Å². The second kappa shape index (κ2) is 15.2. The number of carboxylic acids is 1. The van der Waals surface area contributed by atoms with Crippen LogP contribution in [0.25, 0.3) is 11.3 Å². The fourth-order valence-electron chi connectivity index (χ4n) is 16.0. The van der Waals surface area contributed by atoms with E-state index in [1.54, 1.807) is 7.11 Å². The third-order valence-electron chi connectivity index (χ3n) is 19.1. The molecule has 0 spiro atoms. The number of ether oxygens (including phenoxy) is 2. The molecule has 2 heterocycles. The second-order valence-corrected chi connectivity index (χ2v) is 23.1. The Kier molecular flexibility index (Phi) is 10.9. The van der Waals surface area contributed by atoms with Gasteiger partial charge in [-0.2, -0.15) is 0 Å². The zero-order valence-electron chi connectivity index (χ0n) is 38.5. The minimum atomic E-state index is -0.886. The van der Waals surface area contributed by atoms with Gasteiger partial charge in [0.1, 0.15) is 17.7 Å². The summed E-state index contributed by atoms with van der Waals surface area (Å²) in [6.07, 6.45) is 14.6. The average Bonchev–Trinajstić information content (AvgIpc) is 3.95. The first-order valence-corrected chi connectivity index (χ1v) is 23.6. The van der Waals surface area contributed by atoms with E-state index in [1.807, 2.05) is 32.2 Å². The van der Waals surface area contributed by atoms with Crippen molar-refractivity contribution >= 4 is 17.8 Å². The molecule has 6 aliphatic rings. The predicted molar refractivity (Wildman–Crippen MR) is 234 cm³/mol. The number of carbonyl (C=O) groups excluding carboxylic acids is 2. The number of carbonyl (C=O) groups is 3. The number of nitrogens with zero attached hydrogens (tertiary/aromatic N) is 2. The van der Waals surface area contributed by atoms with E-state index in [-0.39, 0.29) is 58.0 Å². The molecule has 60 heavy (non-hydrogen) atoms. The zero-order valence-corrected chi connectivity index (χ0v) is 38.5. The van der Waals surface area contributed by atoms with Crippen LogP contribution in [-0.4, -0.2) is 57.6 Å². The Balaban J connectivity index is 1.04. The van der Waals surface area contributed by atoms with Crippen LogP contribution in [0.15, 0.2) is 30.5 Å². The minimum absolute atomic E-state index is 0.0246. The first-order chi connectivity index (χ1) is 28.2. The minimum Gasteiger partial charge on any atom is -0.497 e. The van der Waals surface area contributed by atoms with Gasteiger partial charge in [-0.1, -0.05) is 62.3 Å². The summed E-state index contributed by atoms with van der Waals surface area (Å²) >= 11 is 0. The number of hydrogen-bond donors (Lipinski definition) is 2. The van der Waals surface area contributed by atoms with E-state index in [0.717, 1.165) is 87.2 Å². The Morgan fingerprint density at radius 2 is 1.62 bits per heavy atom. The molecule has 9 nitrogen and oxygen atoms in total. The number of carboxylic acid groups (broad SMARTS) is 1. The van der Waals surface area contributed by atoms with Crippen molar-refractivity contribution in [2.24, 2.45) is 68.0 Å². The van der Waals surface area contributed by atoms with Crippen molar-refractivity contribution in [3.05, 3.63) is 36.3 Å². The van der Waals surface area contributed by atoms with Crippen molar-refractivity contribution in [3.63, 3.8) is 0 Å². The number of benzene rings is 1. The number of nitrogens with one attached hydrogen (secondary N) is 1. The van der Waals surface area contributed by atoms with Gasteiger partial charge in [0.15, 0.2) is 0 Å². The smallest absolute Gasteiger partial charge is 0.306 e. The molecule has 1 saturated heterocycles. The van der Waals surface area contributed by atoms with Gasteiger partial charge in [-0.05, 0) is 164 Å². The topological polar surface area (TPSA) is 122 Å². The third kappa shape index (κ3) is 6.75. The van der Waals surface area contributed by atoms with Crippen LogP contribution in [0.5, 0.6) is 5.75 Å². The number of hydrogen-bond acceptors (Lipinski definition) is 6. The van der Waals surface area contributed by atoms with Gasteiger partial charge in [0.05, 0.1) is 43.3 Å². The van der Waals surface area contributed by atoms with Crippen LogP contribution in [0, 0.1) is 68.0 Å². The molecular weight excluding hydrogens is 751 g/mol. The highest BCUT2D eigenvalue weighted by atomic mass is 16.5. The van der Waals surface area contributed by atoms with Crippen LogP contribution in [-0.2, 0) is 19.1 Å². The van der Waals surface area contributed by atoms with E-state index in [2.05, 4.69) is 70.5 Å². The molecule has 330 valence electrons. The van der Waals surface area contributed by atoms with Gasteiger partial charge in [0.25, 0.3) is 0 Å². The Bertz CT molecular complexity index is 1950. The highest BCUT2D eigenvalue weighted by molar-refractivity contribution is 5.84.